The van der Waals surface area contributed by atoms with Gasteiger partial charge in [-0.25, -0.2) is 17.8 Å². The lowest BCUT2D eigenvalue weighted by molar-refractivity contribution is -0.137. The Morgan fingerprint density at radius 1 is 1.16 bits per heavy atom. The van der Waals surface area contributed by atoms with Crippen LogP contribution in [0.4, 0.5) is 13.2 Å². The van der Waals surface area contributed by atoms with E-state index >= 15 is 0 Å². The molecule has 31 heavy (non-hydrogen) atoms. The molecule has 2 N–H and O–H groups in total. The third-order valence-electron chi connectivity index (χ3n) is 4.87. The van der Waals surface area contributed by atoms with Crippen LogP contribution in [0, 0.1) is 0 Å². The number of aliphatic hydroxyl groups excluding tert-OH is 1. The predicted molar refractivity (Wildman–Crippen MR) is 107 cm³/mol. The van der Waals surface area contributed by atoms with E-state index in [2.05, 4.69) is 15.0 Å². The van der Waals surface area contributed by atoms with Gasteiger partial charge in [0, 0.05) is 24.2 Å². The summed E-state index contributed by atoms with van der Waals surface area (Å²) >= 11 is 0. The van der Waals surface area contributed by atoms with Crippen LogP contribution in [-0.4, -0.2) is 45.7 Å². The molecule has 0 aliphatic carbocycles. The van der Waals surface area contributed by atoms with Gasteiger partial charge < -0.3 is 5.11 Å². The van der Waals surface area contributed by atoms with E-state index in [0.29, 0.717) is 27.8 Å². The average molecular weight is 453 g/mol. The second kappa shape index (κ2) is 7.32. The quantitative estimate of drug-likeness (QED) is 0.484. The molecule has 12 heteroatoms. The number of fused-ring (bicyclic) bond motifs is 3. The van der Waals surface area contributed by atoms with Crippen molar-refractivity contribution in [3.05, 3.63) is 48.0 Å². The minimum absolute atomic E-state index is 0.0302. The van der Waals surface area contributed by atoms with Crippen molar-refractivity contribution in [2.75, 3.05) is 6.61 Å². The molecule has 2 aromatic carbocycles. The van der Waals surface area contributed by atoms with Crippen molar-refractivity contribution in [3.8, 4) is 5.69 Å². The first-order valence-corrected chi connectivity index (χ1v) is 10.7. The van der Waals surface area contributed by atoms with Gasteiger partial charge in [-0.1, -0.05) is 5.21 Å². The number of nitrogens with zero attached hydrogens (tertiary/aromatic N) is 4. The summed E-state index contributed by atoms with van der Waals surface area (Å²) in [5.74, 6) is 0. The molecule has 0 bridgehead atoms. The standard InChI is InChI=1S/C19H18F3N5O3S/c1-11(10-28)24-31(29,30)14-7-8-16-15(9-14)17-18(26(2)25-23-17)27(16)13-5-3-12(4-6-13)19(20,21)22/h3-9,11,24,28H,10H2,1-2H3/t11-/m1/s1. The Morgan fingerprint density at radius 3 is 2.45 bits per heavy atom. The van der Waals surface area contributed by atoms with Crippen molar-refractivity contribution in [2.24, 2.45) is 7.05 Å². The third kappa shape index (κ3) is 3.66. The van der Waals surface area contributed by atoms with Gasteiger partial charge in [0.2, 0.25) is 10.0 Å². The Kier molecular flexibility index (Phi) is 5.03. The molecule has 0 radical (unpaired) electrons. The molecule has 0 aliphatic heterocycles. The van der Waals surface area contributed by atoms with E-state index in [4.69, 9.17) is 5.11 Å². The number of aromatic nitrogens is 4. The van der Waals surface area contributed by atoms with Gasteiger partial charge in [-0.05, 0) is 49.4 Å². The molecular weight excluding hydrogens is 435 g/mol. The lowest BCUT2D eigenvalue weighted by Crippen LogP contribution is -2.34. The summed E-state index contributed by atoms with van der Waals surface area (Å²) in [4.78, 5) is -0.0302. The minimum Gasteiger partial charge on any atom is -0.395 e. The van der Waals surface area contributed by atoms with Crippen LogP contribution in [-0.2, 0) is 23.2 Å². The maximum absolute atomic E-state index is 12.9. The second-order valence-electron chi connectivity index (χ2n) is 7.15. The molecule has 1 atom stereocenters. The number of halogens is 3. The van der Waals surface area contributed by atoms with E-state index < -0.39 is 27.8 Å². The molecule has 0 fully saturated rings. The molecule has 4 rings (SSSR count). The monoisotopic (exact) mass is 453 g/mol. The van der Waals surface area contributed by atoms with Crippen molar-refractivity contribution in [1.29, 1.82) is 0 Å². The SMILES string of the molecule is C[C@H](CO)NS(=O)(=O)c1ccc2c(c1)c1nnn(C)c1n2-c1ccc(C(F)(F)F)cc1. The Morgan fingerprint density at radius 2 is 1.84 bits per heavy atom. The van der Waals surface area contributed by atoms with E-state index in [-0.39, 0.29) is 11.5 Å². The lowest BCUT2D eigenvalue weighted by atomic mass is 10.2. The molecule has 2 aromatic heterocycles. The van der Waals surface area contributed by atoms with Crippen molar-refractivity contribution in [3.63, 3.8) is 0 Å². The molecule has 2 heterocycles. The minimum atomic E-state index is -4.46. The number of hydrogen-bond donors (Lipinski definition) is 2. The lowest BCUT2D eigenvalue weighted by Gasteiger charge is -2.12. The Labute approximate surface area is 174 Å². The van der Waals surface area contributed by atoms with Crippen LogP contribution in [0.1, 0.15) is 12.5 Å². The van der Waals surface area contributed by atoms with Gasteiger partial charge in [0.25, 0.3) is 0 Å². The summed E-state index contributed by atoms with van der Waals surface area (Å²) in [7, 11) is -2.27. The highest BCUT2D eigenvalue weighted by Crippen LogP contribution is 2.34. The van der Waals surface area contributed by atoms with Crippen LogP contribution in [0.25, 0.3) is 27.8 Å². The van der Waals surface area contributed by atoms with Crippen molar-refractivity contribution in [2.45, 2.75) is 24.0 Å². The first-order chi connectivity index (χ1) is 14.5. The van der Waals surface area contributed by atoms with Crippen molar-refractivity contribution >= 4 is 32.1 Å². The normalized spacial score (nSPS) is 13.9. The van der Waals surface area contributed by atoms with Gasteiger partial charge >= 0.3 is 6.18 Å². The van der Waals surface area contributed by atoms with E-state index in [1.807, 2.05) is 0 Å². The second-order valence-corrected chi connectivity index (χ2v) is 8.86. The van der Waals surface area contributed by atoms with Gasteiger partial charge in [-0.3, -0.25) is 4.57 Å². The predicted octanol–water partition coefficient (Wildman–Crippen LogP) is 2.59. The first-order valence-electron chi connectivity index (χ1n) is 9.17. The number of benzene rings is 2. The topological polar surface area (TPSA) is 102 Å². The van der Waals surface area contributed by atoms with Gasteiger partial charge in [0.15, 0.2) is 5.65 Å². The van der Waals surface area contributed by atoms with Gasteiger partial charge in [0.05, 0.1) is 22.6 Å². The highest BCUT2D eigenvalue weighted by Gasteiger charge is 2.30. The molecule has 0 aliphatic rings. The molecule has 4 aromatic rings. The number of aliphatic hydroxyl groups is 1. The molecule has 0 unspecified atom stereocenters. The summed E-state index contributed by atoms with van der Waals surface area (Å²) in [6.07, 6.45) is -4.46. The van der Waals surface area contributed by atoms with Crippen LogP contribution in [0.5, 0.6) is 0 Å². The fraction of sp³-hybridized carbons (Fsp3) is 0.263. The van der Waals surface area contributed by atoms with E-state index in [9.17, 15) is 21.6 Å². The van der Waals surface area contributed by atoms with Crippen LogP contribution in [0.3, 0.4) is 0 Å². The summed E-state index contributed by atoms with van der Waals surface area (Å²) in [6, 6.07) is 8.35. The smallest absolute Gasteiger partial charge is 0.395 e. The summed E-state index contributed by atoms with van der Waals surface area (Å²) in [5.41, 5.74) is 1.14. The highest BCUT2D eigenvalue weighted by molar-refractivity contribution is 7.89. The molecule has 164 valence electrons. The summed E-state index contributed by atoms with van der Waals surface area (Å²) < 4.78 is 69.6. The van der Waals surface area contributed by atoms with E-state index in [1.54, 1.807) is 17.7 Å². The number of hydrogen-bond acceptors (Lipinski definition) is 5. The van der Waals surface area contributed by atoms with E-state index in [0.717, 1.165) is 12.1 Å². The number of rotatable bonds is 5. The Bertz CT molecular complexity index is 1380. The molecule has 0 spiro atoms. The Hall–Kier alpha value is -2.96. The fourth-order valence-corrected chi connectivity index (χ4v) is 4.65. The number of alkyl halides is 3. The molecule has 0 saturated carbocycles. The van der Waals surface area contributed by atoms with E-state index in [1.165, 1.54) is 35.9 Å². The molecule has 8 nitrogen and oxygen atoms in total. The molecule has 0 saturated heterocycles. The van der Waals surface area contributed by atoms with Crippen LogP contribution >= 0.6 is 0 Å². The zero-order valence-electron chi connectivity index (χ0n) is 16.4. The summed E-state index contributed by atoms with van der Waals surface area (Å²) in [6.45, 7) is 1.16. The van der Waals surface area contributed by atoms with Crippen molar-refractivity contribution in [1.82, 2.24) is 24.3 Å². The summed E-state index contributed by atoms with van der Waals surface area (Å²) in [5, 5.41) is 17.7. The van der Waals surface area contributed by atoms with Gasteiger partial charge in [0.1, 0.15) is 5.52 Å². The maximum atomic E-state index is 12.9. The zero-order valence-corrected chi connectivity index (χ0v) is 17.2. The van der Waals surface area contributed by atoms with Crippen molar-refractivity contribution < 1.29 is 26.7 Å². The Balaban J connectivity index is 1.92. The molecular formula is C19H18F3N5O3S. The maximum Gasteiger partial charge on any atom is 0.416 e. The van der Waals surface area contributed by atoms with Gasteiger partial charge in [-0.15, -0.1) is 5.10 Å². The molecule has 0 amide bonds. The first kappa shape index (κ1) is 21.3. The number of sulfonamides is 1. The zero-order chi connectivity index (χ0) is 22.6. The third-order valence-corrected chi connectivity index (χ3v) is 6.45. The van der Waals surface area contributed by atoms with Crippen LogP contribution in [0.2, 0.25) is 0 Å². The number of nitrogens with one attached hydrogen (secondary N) is 1. The largest absolute Gasteiger partial charge is 0.416 e. The van der Waals surface area contributed by atoms with Crippen LogP contribution < -0.4 is 4.72 Å². The highest BCUT2D eigenvalue weighted by atomic mass is 32.2. The van der Waals surface area contributed by atoms with Gasteiger partial charge in [-0.2, -0.15) is 13.2 Å². The van der Waals surface area contributed by atoms with Crippen LogP contribution in [0.15, 0.2) is 47.4 Å². The average Bonchev–Trinajstić information content (AvgIpc) is 3.24. The fourth-order valence-electron chi connectivity index (χ4n) is 3.39. The number of aryl methyl sites for hydroxylation is 1.